The summed E-state index contributed by atoms with van der Waals surface area (Å²) in [6.07, 6.45) is 0.381. The van der Waals surface area contributed by atoms with Crippen molar-refractivity contribution in [3.05, 3.63) is 29.3 Å². The molecule has 1 unspecified atom stereocenters. The van der Waals surface area contributed by atoms with E-state index < -0.39 is 0 Å². The highest BCUT2D eigenvalue weighted by Crippen LogP contribution is 2.28. The predicted octanol–water partition coefficient (Wildman–Crippen LogP) is 0.771. The maximum absolute atomic E-state index is 11.6. The van der Waals surface area contributed by atoms with Crippen molar-refractivity contribution >= 4 is 17.6 Å². The van der Waals surface area contributed by atoms with Gasteiger partial charge in [0, 0.05) is 12.2 Å². The molecule has 1 aromatic carbocycles. The van der Waals surface area contributed by atoms with Crippen LogP contribution in [0.1, 0.15) is 17.2 Å². The fraction of sp³-hybridized carbons (Fsp3) is 0.308. The zero-order valence-corrected chi connectivity index (χ0v) is 10.1. The van der Waals surface area contributed by atoms with Crippen LogP contribution in [-0.4, -0.2) is 29.9 Å². The fourth-order valence-electron chi connectivity index (χ4n) is 2.47. The van der Waals surface area contributed by atoms with Crippen LogP contribution in [0.3, 0.4) is 0 Å². The number of anilines is 1. The molecule has 6 nitrogen and oxygen atoms in total. The molecule has 1 saturated heterocycles. The van der Waals surface area contributed by atoms with E-state index in [1.165, 1.54) is 4.90 Å². The van der Waals surface area contributed by atoms with E-state index in [0.29, 0.717) is 13.0 Å². The number of fused-ring (bicyclic) bond motifs is 1. The molecule has 0 spiro atoms. The van der Waals surface area contributed by atoms with Crippen molar-refractivity contribution in [2.45, 2.75) is 12.5 Å². The maximum Gasteiger partial charge on any atom is 0.318 e. The number of carbonyl (C=O) groups is 2. The van der Waals surface area contributed by atoms with Crippen molar-refractivity contribution < 1.29 is 9.59 Å². The van der Waals surface area contributed by atoms with Gasteiger partial charge in [-0.25, -0.2) is 4.79 Å². The number of carbonyl (C=O) groups excluding carboxylic acids is 2. The van der Waals surface area contributed by atoms with Crippen molar-refractivity contribution in [1.29, 1.82) is 5.26 Å². The van der Waals surface area contributed by atoms with E-state index >= 15 is 0 Å². The lowest BCUT2D eigenvalue weighted by atomic mass is 10.0. The second-order valence-corrected chi connectivity index (χ2v) is 4.68. The molecule has 96 valence electrons. The molecular weight excluding hydrogens is 244 g/mol. The number of urea groups is 1. The van der Waals surface area contributed by atoms with Gasteiger partial charge in [-0.1, -0.05) is 12.1 Å². The molecule has 2 aliphatic rings. The van der Waals surface area contributed by atoms with Gasteiger partial charge in [-0.3, -0.25) is 4.79 Å². The van der Waals surface area contributed by atoms with Gasteiger partial charge in [0.2, 0.25) is 5.91 Å². The highest BCUT2D eigenvalue weighted by Gasteiger charge is 2.30. The highest BCUT2D eigenvalue weighted by atomic mass is 16.2. The van der Waals surface area contributed by atoms with Crippen LogP contribution in [0.25, 0.3) is 0 Å². The summed E-state index contributed by atoms with van der Waals surface area (Å²) in [5.41, 5.74) is 2.76. The van der Waals surface area contributed by atoms with Crippen LogP contribution in [-0.2, 0) is 11.2 Å². The van der Waals surface area contributed by atoms with Crippen LogP contribution < -0.4 is 10.6 Å². The van der Waals surface area contributed by atoms with Gasteiger partial charge in [-0.2, -0.15) is 5.26 Å². The van der Waals surface area contributed by atoms with Crippen LogP contribution >= 0.6 is 0 Å². The van der Waals surface area contributed by atoms with Crippen LogP contribution in [0.15, 0.2) is 18.2 Å². The number of nitrogens with zero attached hydrogens (tertiary/aromatic N) is 2. The Morgan fingerprint density at radius 2 is 2.26 bits per heavy atom. The molecule has 1 fully saturated rings. The third-order valence-corrected chi connectivity index (χ3v) is 3.41. The summed E-state index contributed by atoms with van der Waals surface area (Å²) in [6.45, 7) is 0.569. The lowest BCUT2D eigenvalue weighted by Crippen LogP contribution is -2.28. The molecule has 6 heteroatoms. The lowest BCUT2D eigenvalue weighted by Gasteiger charge is -2.11. The van der Waals surface area contributed by atoms with Gasteiger partial charge >= 0.3 is 6.03 Å². The normalized spacial score (nSPS) is 20.8. The number of hydrogen-bond acceptors (Lipinski definition) is 3. The molecule has 0 aromatic heterocycles. The van der Waals surface area contributed by atoms with Gasteiger partial charge in [0.15, 0.2) is 0 Å². The van der Waals surface area contributed by atoms with E-state index in [9.17, 15) is 9.59 Å². The van der Waals surface area contributed by atoms with Gasteiger partial charge in [0.25, 0.3) is 0 Å². The van der Waals surface area contributed by atoms with Crippen molar-refractivity contribution in [3.8, 4) is 6.07 Å². The molecule has 19 heavy (non-hydrogen) atoms. The average Bonchev–Trinajstić information content (AvgIpc) is 2.91. The number of amides is 3. The molecule has 1 atom stereocenters. The summed E-state index contributed by atoms with van der Waals surface area (Å²) in [6, 6.07) is 7.31. The SMILES string of the molecule is N#CCN1CC(c2ccc3c(c2)CC(=O)N3)NC1=O. The fourth-order valence-corrected chi connectivity index (χ4v) is 2.47. The van der Waals surface area contributed by atoms with Crippen molar-refractivity contribution in [3.63, 3.8) is 0 Å². The van der Waals surface area contributed by atoms with E-state index in [4.69, 9.17) is 5.26 Å². The largest absolute Gasteiger partial charge is 0.329 e. The zero-order chi connectivity index (χ0) is 13.4. The zero-order valence-electron chi connectivity index (χ0n) is 10.1. The Labute approximate surface area is 110 Å². The summed E-state index contributed by atoms with van der Waals surface area (Å²) in [5.74, 6) is -0.00582. The molecule has 2 aliphatic heterocycles. The molecule has 2 N–H and O–H groups in total. The van der Waals surface area contributed by atoms with Gasteiger partial charge in [-0.15, -0.1) is 0 Å². The highest BCUT2D eigenvalue weighted by molar-refractivity contribution is 5.99. The van der Waals surface area contributed by atoms with E-state index in [2.05, 4.69) is 10.6 Å². The Morgan fingerprint density at radius 3 is 3.05 bits per heavy atom. The standard InChI is InChI=1S/C13H12N4O2/c14-3-4-17-7-11(16-13(17)19)8-1-2-10-9(5-8)6-12(18)15-10/h1-2,5,11H,4,6-7H2,(H,15,18)(H,16,19). The van der Waals surface area contributed by atoms with Crippen LogP contribution in [0.2, 0.25) is 0 Å². The number of hydrogen-bond donors (Lipinski definition) is 2. The number of benzene rings is 1. The third-order valence-electron chi connectivity index (χ3n) is 3.41. The number of nitrogens with one attached hydrogen (secondary N) is 2. The van der Waals surface area contributed by atoms with Crippen LogP contribution in [0.4, 0.5) is 10.5 Å². The molecule has 1 aromatic rings. The van der Waals surface area contributed by atoms with Crippen molar-refractivity contribution in [1.82, 2.24) is 10.2 Å². The molecule has 0 radical (unpaired) electrons. The summed E-state index contributed by atoms with van der Waals surface area (Å²) in [4.78, 5) is 24.4. The summed E-state index contributed by atoms with van der Waals surface area (Å²) in [5, 5.41) is 14.3. The first kappa shape index (κ1) is 11.5. The Bertz CT molecular complexity index is 605. The summed E-state index contributed by atoms with van der Waals surface area (Å²) >= 11 is 0. The first-order valence-electron chi connectivity index (χ1n) is 6.02. The average molecular weight is 256 g/mol. The molecule has 0 saturated carbocycles. The first-order chi connectivity index (χ1) is 9.17. The number of rotatable bonds is 2. The topological polar surface area (TPSA) is 85.2 Å². The Morgan fingerprint density at radius 1 is 1.42 bits per heavy atom. The van der Waals surface area contributed by atoms with Gasteiger partial charge in [-0.05, 0) is 17.2 Å². The first-order valence-corrected chi connectivity index (χ1v) is 6.02. The van der Waals surface area contributed by atoms with E-state index in [-0.39, 0.29) is 24.5 Å². The van der Waals surface area contributed by atoms with Crippen LogP contribution in [0, 0.1) is 11.3 Å². The van der Waals surface area contributed by atoms with E-state index in [1.54, 1.807) is 0 Å². The molecule has 3 amide bonds. The van der Waals surface area contributed by atoms with E-state index in [1.807, 2.05) is 24.3 Å². The molecule has 3 rings (SSSR count). The Balaban J connectivity index is 1.81. The molecule has 0 bridgehead atoms. The van der Waals surface area contributed by atoms with E-state index in [0.717, 1.165) is 16.8 Å². The number of nitriles is 1. The summed E-state index contributed by atoms with van der Waals surface area (Å²) in [7, 11) is 0. The monoisotopic (exact) mass is 256 g/mol. The second kappa shape index (κ2) is 4.28. The molecular formula is C13H12N4O2. The van der Waals surface area contributed by atoms with Gasteiger partial charge < -0.3 is 15.5 Å². The minimum atomic E-state index is -0.221. The van der Waals surface area contributed by atoms with Crippen LogP contribution in [0.5, 0.6) is 0 Å². The summed E-state index contributed by atoms with van der Waals surface area (Å²) < 4.78 is 0. The smallest absolute Gasteiger partial charge is 0.318 e. The predicted molar refractivity (Wildman–Crippen MR) is 67.2 cm³/mol. The minimum absolute atomic E-state index is 0.00582. The molecule has 0 aliphatic carbocycles. The second-order valence-electron chi connectivity index (χ2n) is 4.68. The third kappa shape index (κ3) is 1.99. The minimum Gasteiger partial charge on any atom is -0.329 e. The van der Waals surface area contributed by atoms with Gasteiger partial charge in [0.05, 0.1) is 18.5 Å². The quantitative estimate of drug-likeness (QED) is 0.766. The van der Waals surface area contributed by atoms with Crippen molar-refractivity contribution in [2.75, 3.05) is 18.4 Å². The lowest BCUT2D eigenvalue weighted by molar-refractivity contribution is -0.115. The maximum atomic E-state index is 11.6. The molecule has 2 heterocycles. The van der Waals surface area contributed by atoms with Gasteiger partial charge in [0.1, 0.15) is 6.54 Å². The Kier molecular flexibility index (Phi) is 2.60. The Hall–Kier alpha value is -2.55. The van der Waals surface area contributed by atoms with Crippen molar-refractivity contribution in [2.24, 2.45) is 0 Å².